The highest BCUT2D eigenvalue weighted by molar-refractivity contribution is 7.07. The number of nitrogens with zero attached hydrogens (tertiary/aromatic N) is 4. The number of benzene rings is 1. The van der Waals surface area contributed by atoms with Crippen LogP contribution in [0.5, 0.6) is 5.75 Å². The maximum Gasteiger partial charge on any atom is 0.387 e. The highest BCUT2D eigenvalue weighted by Gasteiger charge is 2.33. The van der Waals surface area contributed by atoms with Gasteiger partial charge in [0.25, 0.3) is 5.56 Å². The number of hydrogen-bond acceptors (Lipinski definition) is 7. The predicted molar refractivity (Wildman–Crippen MR) is 117 cm³/mol. The van der Waals surface area contributed by atoms with Gasteiger partial charge in [-0.15, -0.1) is 0 Å². The summed E-state index contributed by atoms with van der Waals surface area (Å²) in [6.07, 6.45) is 5.11. The molecule has 3 heterocycles. The third-order valence-electron chi connectivity index (χ3n) is 4.96. The van der Waals surface area contributed by atoms with E-state index < -0.39 is 18.6 Å². The third-order valence-corrected chi connectivity index (χ3v) is 5.94. The van der Waals surface area contributed by atoms with Gasteiger partial charge in [0, 0.05) is 18.8 Å². The fourth-order valence-electron chi connectivity index (χ4n) is 3.60. The number of rotatable bonds is 6. The fourth-order valence-corrected chi connectivity index (χ4v) is 4.65. The average Bonchev–Trinajstić information content (AvgIpc) is 3.30. The minimum absolute atomic E-state index is 0.0314. The molecule has 4 rings (SSSR count). The molecule has 1 aromatic carbocycles. The molecular weight excluding hydrogens is 454 g/mol. The molecule has 0 amide bonds. The topological polar surface area (TPSA) is 87.7 Å². The van der Waals surface area contributed by atoms with Crippen molar-refractivity contribution in [3.63, 3.8) is 0 Å². The summed E-state index contributed by atoms with van der Waals surface area (Å²) in [5.74, 6) is -0.630. The van der Waals surface area contributed by atoms with E-state index in [0.717, 1.165) is 5.56 Å². The Labute approximate surface area is 190 Å². The fraction of sp³-hybridized carbons (Fsp3) is 0.273. The monoisotopic (exact) mass is 474 g/mol. The number of ether oxygens (including phenoxy) is 2. The van der Waals surface area contributed by atoms with Crippen molar-refractivity contribution in [3.05, 3.63) is 78.7 Å². The molecule has 3 aromatic rings. The molecule has 1 atom stereocenters. The van der Waals surface area contributed by atoms with Crippen LogP contribution in [-0.2, 0) is 16.6 Å². The molecular formula is C22H20F2N4O4S. The normalized spacial score (nSPS) is 16.1. The first kappa shape index (κ1) is 22.6. The Morgan fingerprint density at radius 1 is 1.30 bits per heavy atom. The second-order valence-electron chi connectivity index (χ2n) is 7.20. The van der Waals surface area contributed by atoms with Crippen molar-refractivity contribution < 1.29 is 23.0 Å². The van der Waals surface area contributed by atoms with Gasteiger partial charge in [-0.05, 0) is 37.6 Å². The molecule has 8 nitrogen and oxygen atoms in total. The van der Waals surface area contributed by atoms with Crippen LogP contribution in [0.25, 0.3) is 6.08 Å². The van der Waals surface area contributed by atoms with Crippen molar-refractivity contribution in [3.8, 4) is 5.75 Å². The Morgan fingerprint density at radius 2 is 2.03 bits per heavy atom. The SMILES string of the molecule is CCOC(=O)C1=C(C)N=c2s/c(=C/c3cnn(C)c3)c(=O)n2[C@@H]1c1ccc(OC(F)F)cc1. The minimum Gasteiger partial charge on any atom is -0.463 e. The van der Waals surface area contributed by atoms with Crippen LogP contribution >= 0.6 is 11.3 Å². The minimum atomic E-state index is -2.96. The number of esters is 1. The lowest BCUT2D eigenvalue weighted by Crippen LogP contribution is -2.39. The lowest BCUT2D eigenvalue weighted by atomic mass is 9.96. The second kappa shape index (κ2) is 9.10. The highest BCUT2D eigenvalue weighted by Crippen LogP contribution is 2.31. The molecule has 0 saturated heterocycles. The number of halogens is 2. The zero-order valence-electron chi connectivity index (χ0n) is 18.0. The Morgan fingerprint density at radius 3 is 2.64 bits per heavy atom. The van der Waals surface area contributed by atoms with Crippen LogP contribution in [0, 0.1) is 0 Å². The van der Waals surface area contributed by atoms with Gasteiger partial charge in [0.1, 0.15) is 5.75 Å². The summed E-state index contributed by atoms with van der Waals surface area (Å²) < 4.78 is 38.2. The van der Waals surface area contributed by atoms with Gasteiger partial charge in [-0.3, -0.25) is 14.0 Å². The standard InChI is InChI=1S/C22H20F2N4O4S/c1-4-31-20(30)17-12(2)26-22-28(18(17)14-5-7-15(8-6-14)32-21(23)24)19(29)16(33-22)9-13-10-25-27(3)11-13/h5-11,18,21H,4H2,1-3H3/b16-9+/t18-/m1/s1. The summed E-state index contributed by atoms with van der Waals surface area (Å²) in [5, 5.41) is 4.11. The van der Waals surface area contributed by atoms with Crippen LogP contribution in [0.15, 0.2) is 57.7 Å². The molecule has 0 fully saturated rings. The molecule has 33 heavy (non-hydrogen) atoms. The number of carbonyl (C=O) groups is 1. The van der Waals surface area contributed by atoms with Gasteiger partial charge in [0.2, 0.25) is 0 Å². The third kappa shape index (κ3) is 4.49. The Hall–Kier alpha value is -3.60. The van der Waals surface area contributed by atoms with Crippen LogP contribution in [0.4, 0.5) is 8.78 Å². The van der Waals surface area contributed by atoms with Crippen LogP contribution in [0.2, 0.25) is 0 Å². The largest absolute Gasteiger partial charge is 0.463 e. The van der Waals surface area contributed by atoms with Crippen molar-refractivity contribution in [1.29, 1.82) is 0 Å². The number of aryl methyl sites for hydroxylation is 1. The van der Waals surface area contributed by atoms with Crippen LogP contribution in [-0.4, -0.2) is 33.5 Å². The van der Waals surface area contributed by atoms with Gasteiger partial charge in [0.05, 0.1) is 34.6 Å². The number of allylic oxidation sites excluding steroid dienone is 1. The van der Waals surface area contributed by atoms with Crippen LogP contribution < -0.4 is 19.6 Å². The van der Waals surface area contributed by atoms with E-state index in [-0.39, 0.29) is 23.5 Å². The van der Waals surface area contributed by atoms with Crippen molar-refractivity contribution in [1.82, 2.24) is 14.3 Å². The summed E-state index contributed by atoms with van der Waals surface area (Å²) in [5.41, 5.74) is 1.56. The average molecular weight is 474 g/mol. The Kier molecular flexibility index (Phi) is 6.23. The summed E-state index contributed by atoms with van der Waals surface area (Å²) in [6, 6.07) is 4.98. The molecule has 11 heteroatoms. The van der Waals surface area contributed by atoms with Gasteiger partial charge in [0.15, 0.2) is 4.80 Å². The lowest BCUT2D eigenvalue weighted by Gasteiger charge is -2.24. The molecule has 0 saturated carbocycles. The van der Waals surface area contributed by atoms with Crippen molar-refractivity contribution >= 4 is 23.4 Å². The number of alkyl halides is 2. The van der Waals surface area contributed by atoms with E-state index in [0.29, 0.717) is 20.6 Å². The molecule has 172 valence electrons. The molecule has 0 aliphatic carbocycles. The van der Waals surface area contributed by atoms with Gasteiger partial charge in [-0.2, -0.15) is 13.9 Å². The molecule has 0 bridgehead atoms. The van der Waals surface area contributed by atoms with E-state index in [1.807, 2.05) is 0 Å². The van der Waals surface area contributed by atoms with E-state index in [4.69, 9.17) is 4.74 Å². The Bertz CT molecular complexity index is 1400. The van der Waals surface area contributed by atoms with Gasteiger partial charge in [-0.1, -0.05) is 23.5 Å². The quantitative estimate of drug-likeness (QED) is 0.511. The number of thiazole rings is 1. The van der Waals surface area contributed by atoms with Crippen LogP contribution in [0.1, 0.15) is 31.0 Å². The first-order chi connectivity index (χ1) is 15.8. The smallest absolute Gasteiger partial charge is 0.387 e. The first-order valence-electron chi connectivity index (χ1n) is 10.0. The van der Waals surface area contributed by atoms with Crippen molar-refractivity contribution in [2.45, 2.75) is 26.5 Å². The number of hydrogen-bond donors (Lipinski definition) is 0. The van der Waals surface area contributed by atoms with E-state index in [9.17, 15) is 18.4 Å². The molecule has 0 spiro atoms. The molecule has 1 aliphatic rings. The molecule has 1 aliphatic heterocycles. The van der Waals surface area contributed by atoms with Crippen LogP contribution in [0.3, 0.4) is 0 Å². The molecule has 0 radical (unpaired) electrons. The van der Waals surface area contributed by atoms with Gasteiger partial charge < -0.3 is 9.47 Å². The summed E-state index contributed by atoms with van der Waals surface area (Å²) in [6.45, 7) is 0.543. The number of fused-ring (bicyclic) bond motifs is 1. The van der Waals surface area contributed by atoms with E-state index in [1.54, 1.807) is 56.2 Å². The Balaban J connectivity index is 1.89. The summed E-state index contributed by atoms with van der Waals surface area (Å²) >= 11 is 1.19. The maximum atomic E-state index is 13.4. The molecule has 0 unspecified atom stereocenters. The number of carbonyl (C=O) groups excluding carboxylic acids is 1. The molecule has 2 aromatic heterocycles. The van der Waals surface area contributed by atoms with Crippen molar-refractivity contribution in [2.75, 3.05) is 6.61 Å². The van der Waals surface area contributed by atoms with Crippen molar-refractivity contribution in [2.24, 2.45) is 12.0 Å². The zero-order chi connectivity index (χ0) is 23.7. The predicted octanol–water partition coefficient (Wildman–Crippen LogP) is 2.13. The highest BCUT2D eigenvalue weighted by atomic mass is 32.1. The second-order valence-corrected chi connectivity index (χ2v) is 8.21. The van der Waals surface area contributed by atoms with Gasteiger partial charge in [-0.25, -0.2) is 9.79 Å². The first-order valence-corrected chi connectivity index (χ1v) is 10.8. The summed E-state index contributed by atoms with van der Waals surface area (Å²) in [7, 11) is 1.77. The maximum absolute atomic E-state index is 13.4. The van der Waals surface area contributed by atoms with E-state index >= 15 is 0 Å². The zero-order valence-corrected chi connectivity index (χ0v) is 18.8. The van der Waals surface area contributed by atoms with E-state index in [2.05, 4.69) is 14.8 Å². The molecule has 0 N–H and O–H groups in total. The van der Waals surface area contributed by atoms with E-state index in [1.165, 1.54) is 28.0 Å². The summed E-state index contributed by atoms with van der Waals surface area (Å²) in [4.78, 5) is 31.1. The number of aromatic nitrogens is 3. The lowest BCUT2D eigenvalue weighted by molar-refractivity contribution is -0.139. The van der Waals surface area contributed by atoms with Gasteiger partial charge >= 0.3 is 12.6 Å².